The summed E-state index contributed by atoms with van der Waals surface area (Å²) in [7, 11) is 0. The summed E-state index contributed by atoms with van der Waals surface area (Å²) in [5.41, 5.74) is 3.34. The largest absolute Gasteiger partial charge is 0.491 e. The molecule has 0 N–H and O–H groups in total. The molecular weight excluding hydrogens is 208 g/mol. The number of benzene rings is 2. The molecule has 1 radical (unpaired) electrons. The fourth-order valence-electron chi connectivity index (χ4n) is 1.81. The Morgan fingerprint density at radius 3 is 2.47 bits per heavy atom. The second-order valence-electron chi connectivity index (χ2n) is 4.35. The molecule has 0 amide bonds. The van der Waals surface area contributed by atoms with E-state index >= 15 is 0 Å². The summed E-state index contributed by atoms with van der Waals surface area (Å²) >= 11 is 0. The van der Waals surface area contributed by atoms with Gasteiger partial charge in [0.1, 0.15) is 5.75 Å². The minimum atomic E-state index is 0.195. The first-order valence-corrected chi connectivity index (χ1v) is 5.85. The first kappa shape index (κ1) is 11.7. The summed E-state index contributed by atoms with van der Waals surface area (Å²) < 4.78 is 5.70. The van der Waals surface area contributed by atoms with Crippen molar-refractivity contribution in [2.75, 3.05) is 0 Å². The van der Waals surface area contributed by atoms with Gasteiger partial charge in [0.2, 0.25) is 0 Å². The lowest BCUT2D eigenvalue weighted by Crippen LogP contribution is -2.05. The van der Waals surface area contributed by atoms with Crippen LogP contribution in [0, 0.1) is 6.92 Å². The molecule has 0 unspecified atom stereocenters. The third-order valence-electron chi connectivity index (χ3n) is 2.53. The van der Waals surface area contributed by atoms with Gasteiger partial charge in [0.05, 0.1) is 6.10 Å². The Kier molecular flexibility index (Phi) is 3.48. The van der Waals surface area contributed by atoms with E-state index in [0.29, 0.717) is 0 Å². The Hall–Kier alpha value is -1.76. The molecule has 0 aliphatic carbocycles. The average molecular weight is 225 g/mol. The molecule has 0 atom stereocenters. The van der Waals surface area contributed by atoms with Crippen molar-refractivity contribution in [2.24, 2.45) is 0 Å². The SMILES string of the molecule is [CH2]c1ccccc1-c1cccc(OC(C)C)c1. The molecule has 1 heteroatoms. The fraction of sp³-hybridized carbons (Fsp3) is 0.188. The van der Waals surface area contributed by atoms with Gasteiger partial charge in [-0.05, 0) is 49.6 Å². The first-order chi connectivity index (χ1) is 8.16. The summed E-state index contributed by atoms with van der Waals surface area (Å²) in [4.78, 5) is 0. The van der Waals surface area contributed by atoms with Crippen molar-refractivity contribution >= 4 is 0 Å². The molecule has 2 aromatic carbocycles. The van der Waals surface area contributed by atoms with Gasteiger partial charge >= 0.3 is 0 Å². The lowest BCUT2D eigenvalue weighted by Gasteiger charge is -2.12. The van der Waals surface area contributed by atoms with Crippen LogP contribution in [0.4, 0.5) is 0 Å². The summed E-state index contributed by atoms with van der Waals surface area (Å²) in [5.74, 6) is 0.903. The molecule has 87 valence electrons. The molecule has 0 spiro atoms. The van der Waals surface area contributed by atoms with Gasteiger partial charge in [0, 0.05) is 0 Å². The van der Waals surface area contributed by atoms with E-state index in [0.717, 1.165) is 22.4 Å². The van der Waals surface area contributed by atoms with Gasteiger partial charge in [-0.15, -0.1) is 0 Å². The van der Waals surface area contributed by atoms with Crippen molar-refractivity contribution in [1.82, 2.24) is 0 Å². The Labute approximate surface area is 103 Å². The van der Waals surface area contributed by atoms with Crippen molar-refractivity contribution in [3.05, 3.63) is 61.0 Å². The van der Waals surface area contributed by atoms with Crippen LogP contribution in [0.2, 0.25) is 0 Å². The van der Waals surface area contributed by atoms with Crippen molar-refractivity contribution < 1.29 is 4.74 Å². The summed E-state index contributed by atoms with van der Waals surface area (Å²) in [6.45, 7) is 8.11. The Morgan fingerprint density at radius 1 is 1.00 bits per heavy atom. The van der Waals surface area contributed by atoms with E-state index in [-0.39, 0.29) is 6.10 Å². The summed E-state index contributed by atoms with van der Waals surface area (Å²) in [6.07, 6.45) is 0.195. The normalized spacial score (nSPS) is 10.6. The highest BCUT2D eigenvalue weighted by Gasteiger charge is 2.03. The predicted octanol–water partition coefficient (Wildman–Crippen LogP) is 4.32. The zero-order valence-electron chi connectivity index (χ0n) is 10.3. The smallest absolute Gasteiger partial charge is 0.120 e. The van der Waals surface area contributed by atoms with Crippen LogP contribution in [0.3, 0.4) is 0 Å². The van der Waals surface area contributed by atoms with Gasteiger partial charge in [-0.25, -0.2) is 0 Å². The van der Waals surface area contributed by atoms with E-state index in [2.05, 4.69) is 25.1 Å². The van der Waals surface area contributed by atoms with Crippen LogP contribution in [0.15, 0.2) is 48.5 Å². The molecule has 17 heavy (non-hydrogen) atoms. The second kappa shape index (κ2) is 5.05. The molecule has 0 aliphatic rings. The van der Waals surface area contributed by atoms with Crippen molar-refractivity contribution in [3.63, 3.8) is 0 Å². The molecule has 0 saturated carbocycles. The van der Waals surface area contributed by atoms with Crippen molar-refractivity contribution in [1.29, 1.82) is 0 Å². The topological polar surface area (TPSA) is 9.23 Å². The fourth-order valence-corrected chi connectivity index (χ4v) is 1.81. The molecule has 1 nitrogen and oxygen atoms in total. The maximum absolute atomic E-state index is 5.70. The third-order valence-corrected chi connectivity index (χ3v) is 2.53. The van der Waals surface area contributed by atoms with Gasteiger partial charge in [-0.2, -0.15) is 0 Å². The third kappa shape index (κ3) is 2.88. The molecular formula is C16H17O. The monoisotopic (exact) mass is 225 g/mol. The Morgan fingerprint density at radius 2 is 1.76 bits per heavy atom. The standard InChI is InChI=1S/C16H17O/c1-12(2)17-15-9-6-8-14(11-15)16-10-5-4-7-13(16)3/h4-12H,3H2,1-2H3. The van der Waals surface area contributed by atoms with Crippen LogP contribution in [-0.2, 0) is 0 Å². The molecule has 0 aromatic heterocycles. The molecule has 0 bridgehead atoms. The van der Waals surface area contributed by atoms with Crippen LogP contribution >= 0.6 is 0 Å². The maximum Gasteiger partial charge on any atom is 0.120 e. The van der Waals surface area contributed by atoms with Crippen LogP contribution in [0.25, 0.3) is 11.1 Å². The van der Waals surface area contributed by atoms with Crippen molar-refractivity contribution in [3.8, 4) is 16.9 Å². The zero-order chi connectivity index (χ0) is 12.3. The number of hydrogen-bond donors (Lipinski definition) is 0. The number of rotatable bonds is 3. The van der Waals surface area contributed by atoms with Crippen LogP contribution < -0.4 is 4.74 Å². The summed E-state index contributed by atoms with van der Waals surface area (Å²) in [6, 6.07) is 16.3. The zero-order valence-corrected chi connectivity index (χ0v) is 10.3. The molecule has 0 fully saturated rings. The lowest BCUT2D eigenvalue weighted by atomic mass is 10.0. The quantitative estimate of drug-likeness (QED) is 0.755. The highest BCUT2D eigenvalue weighted by molar-refractivity contribution is 5.69. The van der Waals surface area contributed by atoms with E-state index in [1.807, 2.05) is 44.2 Å². The van der Waals surface area contributed by atoms with Crippen LogP contribution in [0.1, 0.15) is 19.4 Å². The highest BCUT2D eigenvalue weighted by Crippen LogP contribution is 2.26. The number of ether oxygens (including phenoxy) is 1. The van der Waals surface area contributed by atoms with Gasteiger partial charge in [-0.3, -0.25) is 0 Å². The lowest BCUT2D eigenvalue weighted by molar-refractivity contribution is 0.242. The van der Waals surface area contributed by atoms with Crippen LogP contribution in [0.5, 0.6) is 5.75 Å². The van der Waals surface area contributed by atoms with E-state index < -0.39 is 0 Å². The Balaban J connectivity index is 2.37. The first-order valence-electron chi connectivity index (χ1n) is 5.85. The second-order valence-corrected chi connectivity index (χ2v) is 4.35. The van der Waals surface area contributed by atoms with E-state index in [9.17, 15) is 0 Å². The highest BCUT2D eigenvalue weighted by atomic mass is 16.5. The maximum atomic E-state index is 5.70. The summed E-state index contributed by atoms with van der Waals surface area (Å²) in [5, 5.41) is 0. The molecule has 0 heterocycles. The van der Waals surface area contributed by atoms with Gasteiger partial charge in [-0.1, -0.05) is 36.4 Å². The van der Waals surface area contributed by atoms with Gasteiger partial charge < -0.3 is 4.74 Å². The van der Waals surface area contributed by atoms with E-state index in [1.54, 1.807) is 0 Å². The van der Waals surface area contributed by atoms with Crippen LogP contribution in [-0.4, -0.2) is 6.10 Å². The Bertz CT molecular complexity index is 500. The number of hydrogen-bond acceptors (Lipinski definition) is 1. The van der Waals surface area contributed by atoms with E-state index in [1.165, 1.54) is 0 Å². The molecule has 2 rings (SSSR count). The van der Waals surface area contributed by atoms with Gasteiger partial charge in [0.15, 0.2) is 0 Å². The minimum absolute atomic E-state index is 0.195. The van der Waals surface area contributed by atoms with Crippen molar-refractivity contribution in [2.45, 2.75) is 20.0 Å². The predicted molar refractivity (Wildman–Crippen MR) is 72.1 cm³/mol. The molecule has 0 saturated heterocycles. The van der Waals surface area contributed by atoms with Gasteiger partial charge in [0.25, 0.3) is 0 Å². The minimum Gasteiger partial charge on any atom is -0.491 e. The average Bonchev–Trinajstić information content (AvgIpc) is 2.29. The molecule has 0 aliphatic heterocycles. The van der Waals surface area contributed by atoms with E-state index in [4.69, 9.17) is 4.74 Å². The molecule has 2 aromatic rings.